The van der Waals surface area contributed by atoms with E-state index < -0.39 is 0 Å². The van der Waals surface area contributed by atoms with Crippen LogP contribution in [0.3, 0.4) is 0 Å². The molecule has 1 saturated carbocycles. The fraction of sp³-hybridized carbons (Fsp3) is 0.429. The summed E-state index contributed by atoms with van der Waals surface area (Å²) in [6, 6.07) is 3.89. The molecule has 1 aromatic carbocycles. The molecule has 1 aliphatic carbocycles. The Morgan fingerprint density at radius 3 is 2.28 bits per heavy atom. The Morgan fingerprint density at radius 1 is 1.06 bits per heavy atom. The van der Waals surface area contributed by atoms with Gasteiger partial charge in [-0.1, -0.05) is 25.0 Å². The van der Waals surface area contributed by atoms with Crippen molar-refractivity contribution in [1.29, 1.82) is 0 Å². The minimum Gasteiger partial charge on any atom is -0.211 e. The molecule has 1 aliphatic rings. The average Bonchev–Trinajstić information content (AvgIpc) is 2.88. The van der Waals surface area contributed by atoms with Crippen molar-refractivity contribution in [3.8, 4) is 0 Å². The molecular formula is C14H14N2O2. The molecule has 4 nitrogen and oxygen atoms in total. The van der Waals surface area contributed by atoms with Crippen LogP contribution >= 0.6 is 0 Å². The van der Waals surface area contributed by atoms with Gasteiger partial charge >= 0.3 is 0 Å². The van der Waals surface area contributed by atoms with E-state index in [0.717, 1.165) is 24.0 Å². The zero-order chi connectivity index (χ0) is 13.0. The Balaban J connectivity index is 2.61. The van der Waals surface area contributed by atoms with Crippen LogP contribution in [0.5, 0.6) is 0 Å². The highest BCUT2D eigenvalue weighted by Gasteiger charge is 2.22. The van der Waals surface area contributed by atoms with Crippen LogP contribution in [-0.4, -0.2) is 12.2 Å². The minimum absolute atomic E-state index is 0.401. The number of nitrogens with zero attached hydrogens (tertiary/aromatic N) is 2. The Morgan fingerprint density at radius 2 is 1.67 bits per heavy atom. The van der Waals surface area contributed by atoms with E-state index in [1.165, 1.54) is 18.9 Å². The molecular weight excluding hydrogens is 228 g/mol. The molecule has 0 amide bonds. The monoisotopic (exact) mass is 242 g/mol. The van der Waals surface area contributed by atoms with E-state index in [9.17, 15) is 9.59 Å². The molecule has 0 saturated heterocycles. The summed E-state index contributed by atoms with van der Waals surface area (Å²) in [5, 5.41) is 0. The van der Waals surface area contributed by atoms with Crippen LogP contribution in [0, 0.1) is 6.92 Å². The summed E-state index contributed by atoms with van der Waals surface area (Å²) in [5.41, 5.74) is 2.74. The summed E-state index contributed by atoms with van der Waals surface area (Å²) in [4.78, 5) is 28.5. The molecule has 0 bridgehead atoms. The fourth-order valence-electron chi connectivity index (χ4n) is 2.61. The second kappa shape index (κ2) is 5.54. The third kappa shape index (κ3) is 2.30. The van der Waals surface area contributed by atoms with Crippen molar-refractivity contribution in [1.82, 2.24) is 0 Å². The summed E-state index contributed by atoms with van der Waals surface area (Å²) in [6.45, 7) is 1.83. The van der Waals surface area contributed by atoms with E-state index in [1.807, 2.05) is 19.1 Å². The van der Waals surface area contributed by atoms with Gasteiger partial charge in [0, 0.05) is 0 Å². The lowest BCUT2D eigenvalue weighted by Crippen LogP contribution is -1.94. The second-order valence-corrected chi connectivity index (χ2v) is 4.56. The van der Waals surface area contributed by atoms with E-state index in [-0.39, 0.29) is 0 Å². The van der Waals surface area contributed by atoms with Crippen LogP contribution in [0.2, 0.25) is 0 Å². The Kier molecular flexibility index (Phi) is 3.83. The SMILES string of the molecule is Cc1ccc(C2CCCC2)c(N=C=O)c1N=C=O. The van der Waals surface area contributed by atoms with Crippen molar-refractivity contribution in [2.24, 2.45) is 9.98 Å². The number of isocyanates is 2. The molecule has 0 aromatic heterocycles. The van der Waals surface area contributed by atoms with E-state index in [1.54, 1.807) is 6.08 Å². The van der Waals surface area contributed by atoms with Crippen molar-refractivity contribution < 1.29 is 9.59 Å². The van der Waals surface area contributed by atoms with Crippen molar-refractivity contribution in [3.63, 3.8) is 0 Å². The maximum atomic E-state index is 10.6. The smallest absolute Gasteiger partial charge is 0.211 e. The molecule has 0 unspecified atom stereocenters. The zero-order valence-electron chi connectivity index (χ0n) is 10.3. The first-order valence-electron chi connectivity index (χ1n) is 6.07. The molecule has 0 spiro atoms. The van der Waals surface area contributed by atoms with E-state index in [4.69, 9.17) is 0 Å². The number of aliphatic imine (C=N–C) groups is 2. The molecule has 4 heteroatoms. The predicted octanol–water partition coefficient (Wildman–Crippen LogP) is 3.59. The van der Waals surface area contributed by atoms with Crippen LogP contribution < -0.4 is 0 Å². The van der Waals surface area contributed by atoms with Crippen molar-refractivity contribution in [2.45, 2.75) is 38.5 Å². The third-order valence-electron chi connectivity index (χ3n) is 3.49. The number of hydrogen-bond acceptors (Lipinski definition) is 4. The molecule has 18 heavy (non-hydrogen) atoms. The highest BCUT2D eigenvalue weighted by Crippen LogP contribution is 2.43. The van der Waals surface area contributed by atoms with Crippen molar-refractivity contribution in [3.05, 3.63) is 23.3 Å². The highest BCUT2D eigenvalue weighted by molar-refractivity contribution is 5.75. The first-order chi connectivity index (χ1) is 8.77. The topological polar surface area (TPSA) is 58.9 Å². The molecule has 1 aromatic rings. The van der Waals surface area contributed by atoms with Crippen LogP contribution in [0.4, 0.5) is 11.4 Å². The standard InChI is InChI=1S/C14H14N2O2/c1-10-6-7-12(11-4-2-3-5-11)14(16-9-18)13(10)15-8-17/h6-7,11H,2-5H2,1H3. The lowest BCUT2D eigenvalue weighted by Gasteiger charge is -2.14. The van der Waals surface area contributed by atoms with Gasteiger partial charge in [0.2, 0.25) is 12.2 Å². The van der Waals surface area contributed by atoms with Crippen LogP contribution in [0.1, 0.15) is 42.7 Å². The first kappa shape index (κ1) is 12.4. The molecule has 2 rings (SSSR count). The van der Waals surface area contributed by atoms with Crippen molar-refractivity contribution in [2.75, 3.05) is 0 Å². The highest BCUT2D eigenvalue weighted by atomic mass is 16.1. The van der Waals surface area contributed by atoms with Gasteiger partial charge in [-0.2, -0.15) is 9.98 Å². The molecule has 92 valence electrons. The number of aryl methyl sites for hydroxylation is 1. The van der Waals surface area contributed by atoms with Crippen LogP contribution in [0.15, 0.2) is 22.1 Å². The molecule has 0 radical (unpaired) electrons. The molecule has 0 N–H and O–H groups in total. The Bertz CT molecular complexity index is 547. The number of carbonyl (C=O) groups excluding carboxylic acids is 2. The predicted molar refractivity (Wildman–Crippen MR) is 68.0 cm³/mol. The largest absolute Gasteiger partial charge is 0.240 e. The molecule has 1 fully saturated rings. The Hall–Kier alpha value is -2.02. The van der Waals surface area contributed by atoms with Gasteiger partial charge in [0.15, 0.2) is 0 Å². The molecule has 0 aliphatic heterocycles. The quantitative estimate of drug-likeness (QED) is 0.600. The average molecular weight is 242 g/mol. The Labute approximate surface area is 105 Å². The first-order valence-corrected chi connectivity index (χ1v) is 6.07. The lowest BCUT2D eigenvalue weighted by atomic mass is 9.94. The van der Waals surface area contributed by atoms with Gasteiger partial charge < -0.3 is 0 Å². The number of hydrogen-bond donors (Lipinski definition) is 0. The second-order valence-electron chi connectivity index (χ2n) is 4.56. The summed E-state index contributed by atoms with van der Waals surface area (Å²) in [6.07, 6.45) is 7.65. The fourth-order valence-corrected chi connectivity index (χ4v) is 2.61. The maximum Gasteiger partial charge on any atom is 0.240 e. The summed E-state index contributed by atoms with van der Waals surface area (Å²) < 4.78 is 0. The van der Waals surface area contributed by atoms with Gasteiger partial charge in [0.05, 0.1) is 0 Å². The van der Waals surface area contributed by atoms with Gasteiger partial charge in [0.1, 0.15) is 11.4 Å². The van der Waals surface area contributed by atoms with Gasteiger partial charge in [-0.3, -0.25) is 0 Å². The van der Waals surface area contributed by atoms with E-state index in [2.05, 4.69) is 9.98 Å². The summed E-state index contributed by atoms with van der Waals surface area (Å²) in [5.74, 6) is 0.401. The maximum absolute atomic E-state index is 10.6. The van der Waals surface area contributed by atoms with E-state index >= 15 is 0 Å². The number of benzene rings is 1. The van der Waals surface area contributed by atoms with E-state index in [0.29, 0.717) is 17.3 Å². The minimum atomic E-state index is 0.401. The van der Waals surface area contributed by atoms with Gasteiger partial charge in [-0.15, -0.1) is 0 Å². The van der Waals surface area contributed by atoms with Gasteiger partial charge in [-0.25, -0.2) is 9.59 Å². The van der Waals surface area contributed by atoms with Crippen molar-refractivity contribution >= 4 is 23.5 Å². The van der Waals surface area contributed by atoms with Crippen LogP contribution in [-0.2, 0) is 9.59 Å². The van der Waals surface area contributed by atoms with Gasteiger partial charge in [-0.05, 0) is 36.8 Å². The van der Waals surface area contributed by atoms with Crippen LogP contribution in [0.25, 0.3) is 0 Å². The normalized spacial score (nSPS) is 14.9. The van der Waals surface area contributed by atoms with Gasteiger partial charge in [0.25, 0.3) is 0 Å². The summed E-state index contributed by atoms with van der Waals surface area (Å²) >= 11 is 0. The molecule has 0 atom stereocenters. The lowest BCUT2D eigenvalue weighted by molar-refractivity contribution is 0.564. The zero-order valence-corrected chi connectivity index (χ0v) is 10.3. The summed E-state index contributed by atoms with van der Waals surface area (Å²) in [7, 11) is 0. The third-order valence-corrected chi connectivity index (χ3v) is 3.49. The number of rotatable bonds is 3. The molecule has 0 heterocycles.